The summed E-state index contributed by atoms with van der Waals surface area (Å²) in [5.74, 6) is -0.838. The number of aromatic hydroxyl groups is 5. The summed E-state index contributed by atoms with van der Waals surface area (Å²) in [4.78, 5) is 14.1. The van der Waals surface area contributed by atoms with Crippen molar-refractivity contribution in [2.75, 3.05) is 0 Å². The molecule has 3 aromatic carbocycles. The van der Waals surface area contributed by atoms with Crippen LogP contribution >= 0.6 is 0 Å². The van der Waals surface area contributed by atoms with Gasteiger partial charge in [-0.05, 0) is 70.4 Å². The van der Waals surface area contributed by atoms with Crippen LogP contribution in [0, 0.1) is 0 Å². The molecule has 5 N–H and O–H groups in total. The summed E-state index contributed by atoms with van der Waals surface area (Å²) < 4.78 is 6.31. The van der Waals surface area contributed by atoms with Crippen LogP contribution in [0.2, 0.25) is 0 Å². The normalized spacial score (nSPS) is 11.0. The molecule has 0 aliphatic carbocycles. The van der Waals surface area contributed by atoms with Crippen LogP contribution < -0.4 is 5.43 Å². The molecule has 202 valence electrons. The van der Waals surface area contributed by atoms with E-state index in [1.807, 2.05) is 39.8 Å². The number of benzene rings is 3. The van der Waals surface area contributed by atoms with E-state index >= 15 is 0 Å². The molecular weight excluding hydrogens is 496 g/mol. The molecule has 7 heteroatoms. The van der Waals surface area contributed by atoms with Gasteiger partial charge in [0.25, 0.3) is 0 Å². The van der Waals surface area contributed by atoms with E-state index in [-0.39, 0.29) is 81.4 Å². The van der Waals surface area contributed by atoms with E-state index in [0.29, 0.717) is 11.1 Å². The zero-order valence-electron chi connectivity index (χ0n) is 22.4. The van der Waals surface area contributed by atoms with E-state index in [2.05, 4.69) is 0 Å². The van der Waals surface area contributed by atoms with E-state index < -0.39 is 5.43 Å². The highest BCUT2D eigenvalue weighted by Crippen LogP contribution is 2.43. The maximum atomic E-state index is 14.1. The van der Waals surface area contributed by atoms with Crippen LogP contribution in [0.1, 0.15) is 49.9 Å². The quantitative estimate of drug-likeness (QED) is 0.171. The van der Waals surface area contributed by atoms with Crippen LogP contribution in [0.25, 0.3) is 22.3 Å². The molecule has 0 bridgehead atoms. The Bertz CT molecular complexity index is 1660. The molecule has 0 saturated carbocycles. The first kappa shape index (κ1) is 27.4. The van der Waals surface area contributed by atoms with E-state index in [4.69, 9.17) is 4.42 Å². The maximum absolute atomic E-state index is 14.1. The second kappa shape index (κ2) is 11.0. The zero-order chi connectivity index (χ0) is 28.4. The summed E-state index contributed by atoms with van der Waals surface area (Å²) >= 11 is 0. The molecule has 0 aliphatic heterocycles. The molecule has 39 heavy (non-hydrogen) atoms. The van der Waals surface area contributed by atoms with E-state index in [1.54, 1.807) is 12.1 Å². The van der Waals surface area contributed by atoms with Crippen molar-refractivity contribution in [2.45, 2.75) is 47.0 Å². The molecule has 1 heterocycles. The minimum absolute atomic E-state index is 0.0189. The molecule has 0 fully saturated rings. The lowest BCUT2D eigenvalue weighted by Gasteiger charge is -2.18. The van der Waals surface area contributed by atoms with Gasteiger partial charge in [0, 0.05) is 29.2 Å². The second-order valence-electron chi connectivity index (χ2n) is 10.1. The number of hydrogen-bond acceptors (Lipinski definition) is 7. The van der Waals surface area contributed by atoms with Crippen LogP contribution in [-0.4, -0.2) is 25.5 Å². The highest BCUT2D eigenvalue weighted by atomic mass is 16.3. The van der Waals surface area contributed by atoms with Crippen molar-refractivity contribution in [3.8, 4) is 40.1 Å². The summed E-state index contributed by atoms with van der Waals surface area (Å²) in [5, 5.41) is 52.8. The topological polar surface area (TPSA) is 131 Å². The van der Waals surface area contributed by atoms with Crippen LogP contribution in [0.5, 0.6) is 28.7 Å². The van der Waals surface area contributed by atoms with Crippen molar-refractivity contribution in [1.82, 2.24) is 0 Å². The van der Waals surface area contributed by atoms with E-state index in [0.717, 1.165) is 17.2 Å². The third-order valence-electron chi connectivity index (χ3n) is 6.55. The number of hydrogen-bond donors (Lipinski definition) is 5. The van der Waals surface area contributed by atoms with E-state index in [9.17, 15) is 30.3 Å². The Morgan fingerprint density at radius 1 is 0.744 bits per heavy atom. The Balaban J connectivity index is 2.11. The Labute approximate surface area is 226 Å². The lowest BCUT2D eigenvalue weighted by atomic mass is 9.93. The van der Waals surface area contributed by atoms with Crippen LogP contribution in [-0.2, 0) is 19.3 Å². The average Bonchev–Trinajstić information content (AvgIpc) is 2.86. The molecule has 1 aromatic heterocycles. The van der Waals surface area contributed by atoms with Crippen molar-refractivity contribution in [3.63, 3.8) is 0 Å². The first-order valence-corrected chi connectivity index (χ1v) is 12.6. The lowest BCUT2D eigenvalue weighted by Crippen LogP contribution is -2.13. The SMILES string of the molecule is CC(C)=CCc1c(-c2ccc(O)cc2O)oc2c(CC=C(C)C)c(O)c(Cc3ccc(O)cc3)c(O)c2c1=O. The largest absolute Gasteiger partial charge is 0.508 e. The third kappa shape index (κ3) is 5.62. The molecule has 7 nitrogen and oxygen atoms in total. The molecule has 0 atom stereocenters. The highest BCUT2D eigenvalue weighted by Gasteiger charge is 2.27. The summed E-state index contributed by atoms with van der Waals surface area (Å²) in [5.41, 5.74) is 3.10. The van der Waals surface area contributed by atoms with Crippen LogP contribution in [0.4, 0.5) is 0 Å². The number of phenolic OH excluding ortho intramolecular Hbond substituents is 5. The number of allylic oxidation sites excluding steroid dienone is 4. The number of fused-ring (bicyclic) bond motifs is 1. The van der Waals surface area contributed by atoms with Crippen molar-refractivity contribution in [1.29, 1.82) is 0 Å². The monoisotopic (exact) mass is 528 g/mol. The van der Waals surface area contributed by atoms with Gasteiger partial charge in [0.05, 0.1) is 5.56 Å². The average molecular weight is 529 g/mol. The van der Waals surface area contributed by atoms with Crippen molar-refractivity contribution >= 4 is 11.0 Å². The standard InChI is InChI=1S/C32H32O7/c1-17(2)5-12-23-28(36)25(15-19-7-9-20(33)10-8-19)30(38)27-29(37)24(13-6-18(3)4)31(39-32(23)27)22-14-11-21(34)16-26(22)35/h5-11,14,16,33-36,38H,12-13,15H2,1-4H3. The van der Waals surface area contributed by atoms with Gasteiger partial charge in [-0.2, -0.15) is 0 Å². The molecule has 0 unspecified atom stereocenters. The van der Waals surface area contributed by atoms with Crippen LogP contribution in [0.15, 0.2) is 75.0 Å². The first-order valence-electron chi connectivity index (χ1n) is 12.6. The third-order valence-corrected chi connectivity index (χ3v) is 6.55. The highest BCUT2D eigenvalue weighted by molar-refractivity contribution is 5.92. The fraction of sp³-hybridized carbons (Fsp3) is 0.219. The predicted molar refractivity (Wildman–Crippen MR) is 152 cm³/mol. The Hall–Kier alpha value is -4.65. The van der Waals surface area contributed by atoms with Gasteiger partial charge in [0.15, 0.2) is 0 Å². The summed E-state index contributed by atoms with van der Waals surface area (Å²) in [7, 11) is 0. The zero-order valence-corrected chi connectivity index (χ0v) is 22.4. The van der Waals surface area contributed by atoms with Crippen molar-refractivity contribution in [3.05, 3.63) is 98.2 Å². The molecule has 0 radical (unpaired) electrons. The molecule has 0 saturated heterocycles. The maximum Gasteiger partial charge on any atom is 0.200 e. The lowest BCUT2D eigenvalue weighted by molar-refractivity contribution is 0.438. The van der Waals surface area contributed by atoms with Crippen molar-refractivity contribution in [2.24, 2.45) is 0 Å². The Morgan fingerprint density at radius 3 is 1.92 bits per heavy atom. The number of phenols is 5. The second-order valence-corrected chi connectivity index (χ2v) is 10.1. The summed E-state index contributed by atoms with van der Waals surface area (Å²) in [6.45, 7) is 7.60. The van der Waals surface area contributed by atoms with Crippen LogP contribution in [0.3, 0.4) is 0 Å². The molecular formula is C32H32O7. The molecule has 0 spiro atoms. The van der Waals surface area contributed by atoms with Gasteiger partial charge in [0.2, 0.25) is 5.43 Å². The van der Waals surface area contributed by atoms with Gasteiger partial charge in [-0.25, -0.2) is 0 Å². The van der Waals surface area contributed by atoms with E-state index in [1.165, 1.54) is 24.3 Å². The van der Waals surface area contributed by atoms with Crippen molar-refractivity contribution < 1.29 is 29.9 Å². The number of rotatable bonds is 7. The van der Waals surface area contributed by atoms with Gasteiger partial charge in [0.1, 0.15) is 45.5 Å². The molecule has 0 amide bonds. The molecule has 4 aromatic rings. The minimum Gasteiger partial charge on any atom is -0.508 e. The fourth-order valence-electron chi connectivity index (χ4n) is 4.45. The smallest absolute Gasteiger partial charge is 0.200 e. The molecule has 4 rings (SSSR count). The first-order chi connectivity index (χ1) is 18.5. The molecule has 0 aliphatic rings. The summed E-state index contributed by atoms with van der Waals surface area (Å²) in [6, 6.07) is 10.4. The van der Waals surface area contributed by atoms with Gasteiger partial charge in [-0.15, -0.1) is 0 Å². The van der Waals surface area contributed by atoms with Gasteiger partial charge in [-0.1, -0.05) is 35.4 Å². The van der Waals surface area contributed by atoms with Gasteiger partial charge < -0.3 is 29.9 Å². The van der Waals surface area contributed by atoms with Gasteiger partial charge in [-0.3, -0.25) is 4.79 Å². The summed E-state index contributed by atoms with van der Waals surface area (Å²) in [6.07, 6.45) is 4.24. The fourth-order valence-corrected chi connectivity index (χ4v) is 4.45. The predicted octanol–water partition coefficient (Wildman–Crippen LogP) is 6.60. The van der Waals surface area contributed by atoms with Gasteiger partial charge >= 0.3 is 0 Å². The Morgan fingerprint density at radius 2 is 1.33 bits per heavy atom. The minimum atomic E-state index is -0.487. The Kier molecular flexibility index (Phi) is 7.72.